The van der Waals surface area contributed by atoms with Crippen molar-refractivity contribution in [1.29, 1.82) is 0 Å². The van der Waals surface area contributed by atoms with E-state index in [9.17, 15) is 14.7 Å². The summed E-state index contributed by atoms with van der Waals surface area (Å²) in [5.74, 6) is -2.48. The minimum Gasteiger partial charge on any atom is -0.479 e. The number of nitrogens with zero attached hydrogens (tertiary/aromatic N) is 3. The van der Waals surface area contributed by atoms with Crippen LogP contribution < -0.4 is 5.73 Å². The second-order valence-corrected chi connectivity index (χ2v) is 5.81. The third kappa shape index (κ3) is 4.47. The Morgan fingerprint density at radius 3 is 2.27 bits per heavy atom. The molecule has 0 bridgehead atoms. The standard InChI is InChI=1S/C14H18N4O4/c1-13(2,3)22-12(21)14(15,11(19)20)8-9-4-6-10(7-5-9)17-18-16/h4-7H,8,15H2,1-3H3,(H,19,20). The Balaban J connectivity index is 3.03. The Morgan fingerprint density at radius 2 is 1.86 bits per heavy atom. The van der Waals surface area contributed by atoms with Gasteiger partial charge in [0.25, 0.3) is 0 Å². The molecule has 8 heteroatoms. The van der Waals surface area contributed by atoms with E-state index in [1.807, 2.05) is 0 Å². The molecule has 0 aliphatic carbocycles. The molecule has 0 saturated heterocycles. The molecule has 0 aliphatic heterocycles. The van der Waals surface area contributed by atoms with Crippen LogP contribution in [-0.4, -0.2) is 28.2 Å². The van der Waals surface area contributed by atoms with Crippen molar-refractivity contribution in [1.82, 2.24) is 0 Å². The van der Waals surface area contributed by atoms with Crippen molar-refractivity contribution in [2.45, 2.75) is 38.3 Å². The Hall–Kier alpha value is -2.57. The van der Waals surface area contributed by atoms with Crippen LogP contribution in [-0.2, 0) is 20.7 Å². The summed E-state index contributed by atoms with van der Waals surface area (Å²) in [6.07, 6.45) is -0.242. The number of hydrogen-bond acceptors (Lipinski definition) is 5. The smallest absolute Gasteiger partial charge is 0.338 e. The van der Waals surface area contributed by atoms with Crippen LogP contribution in [0.2, 0.25) is 0 Å². The van der Waals surface area contributed by atoms with Gasteiger partial charge in [-0.1, -0.05) is 29.4 Å². The lowest BCUT2D eigenvalue weighted by Crippen LogP contribution is -2.58. The fourth-order valence-electron chi connectivity index (χ4n) is 1.66. The summed E-state index contributed by atoms with van der Waals surface area (Å²) in [7, 11) is 0. The van der Waals surface area contributed by atoms with Crippen LogP contribution in [0, 0.1) is 0 Å². The first-order valence-electron chi connectivity index (χ1n) is 6.48. The number of esters is 1. The SMILES string of the molecule is CC(C)(C)OC(=O)C(N)(Cc1ccc(N=[N+]=[N-])cc1)C(=O)O. The molecule has 1 atom stereocenters. The summed E-state index contributed by atoms with van der Waals surface area (Å²) in [6.45, 7) is 4.88. The number of carboxylic acids is 1. The summed E-state index contributed by atoms with van der Waals surface area (Å²) in [6, 6.07) is 6.09. The molecule has 1 unspecified atom stereocenters. The maximum atomic E-state index is 12.1. The van der Waals surface area contributed by atoms with Crippen LogP contribution in [0.4, 0.5) is 5.69 Å². The molecule has 0 heterocycles. The molecule has 0 spiro atoms. The molecule has 8 nitrogen and oxygen atoms in total. The molecule has 3 N–H and O–H groups in total. The molecule has 0 saturated carbocycles. The third-order valence-corrected chi connectivity index (χ3v) is 2.72. The number of azide groups is 1. The Kier molecular flexibility index (Phi) is 5.14. The third-order valence-electron chi connectivity index (χ3n) is 2.72. The Labute approximate surface area is 127 Å². The largest absolute Gasteiger partial charge is 0.479 e. The van der Waals surface area contributed by atoms with Crippen LogP contribution in [0.3, 0.4) is 0 Å². The van der Waals surface area contributed by atoms with E-state index in [4.69, 9.17) is 16.0 Å². The van der Waals surface area contributed by atoms with E-state index in [0.717, 1.165) is 0 Å². The zero-order valence-electron chi connectivity index (χ0n) is 12.6. The van der Waals surface area contributed by atoms with Crippen molar-refractivity contribution in [3.63, 3.8) is 0 Å². The summed E-state index contributed by atoms with van der Waals surface area (Å²) in [5, 5.41) is 12.7. The molecule has 22 heavy (non-hydrogen) atoms. The predicted molar refractivity (Wildman–Crippen MR) is 79.4 cm³/mol. The molecular weight excluding hydrogens is 288 g/mol. The van der Waals surface area contributed by atoms with Gasteiger partial charge in [0.1, 0.15) is 5.60 Å². The van der Waals surface area contributed by atoms with Gasteiger partial charge in [-0.3, -0.25) is 0 Å². The fraction of sp³-hybridized carbons (Fsp3) is 0.429. The van der Waals surface area contributed by atoms with Gasteiger partial charge in [0.05, 0.1) is 0 Å². The summed E-state index contributed by atoms with van der Waals surface area (Å²) in [5.41, 5.74) is 11.9. The number of carbonyl (C=O) groups excluding carboxylic acids is 1. The van der Waals surface area contributed by atoms with E-state index in [2.05, 4.69) is 10.0 Å². The van der Waals surface area contributed by atoms with Crippen LogP contribution in [0.5, 0.6) is 0 Å². The Morgan fingerprint density at radius 1 is 1.32 bits per heavy atom. The van der Waals surface area contributed by atoms with Crippen LogP contribution in [0.1, 0.15) is 26.3 Å². The van der Waals surface area contributed by atoms with E-state index in [1.165, 1.54) is 12.1 Å². The van der Waals surface area contributed by atoms with Gasteiger partial charge >= 0.3 is 11.9 Å². The molecule has 1 rings (SSSR count). The van der Waals surface area contributed by atoms with Gasteiger partial charge in [0, 0.05) is 17.0 Å². The topological polar surface area (TPSA) is 138 Å². The van der Waals surface area contributed by atoms with Gasteiger partial charge in [-0.25, -0.2) is 9.59 Å². The molecule has 1 aromatic carbocycles. The number of ether oxygens (including phenoxy) is 1. The first kappa shape index (κ1) is 17.5. The van der Waals surface area contributed by atoms with Gasteiger partial charge < -0.3 is 15.6 Å². The first-order valence-corrected chi connectivity index (χ1v) is 6.48. The normalized spacial score (nSPS) is 13.6. The summed E-state index contributed by atoms with van der Waals surface area (Å²) in [4.78, 5) is 26.2. The average Bonchev–Trinajstić information content (AvgIpc) is 2.39. The summed E-state index contributed by atoms with van der Waals surface area (Å²) < 4.78 is 5.09. The lowest BCUT2D eigenvalue weighted by atomic mass is 9.91. The average molecular weight is 306 g/mol. The Bertz CT molecular complexity index is 615. The lowest BCUT2D eigenvalue weighted by Gasteiger charge is -2.28. The minimum absolute atomic E-state index is 0.242. The lowest BCUT2D eigenvalue weighted by molar-refractivity contribution is -0.169. The van der Waals surface area contributed by atoms with Crippen molar-refractivity contribution in [2.75, 3.05) is 0 Å². The number of hydrogen-bond donors (Lipinski definition) is 2. The maximum absolute atomic E-state index is 12.1. The van der Waals surface area contributed by atoms with Crippen molar-refractivity contribution in [3.8, 4) is 0 Å². The van der Waals surface area contributed by atoms with Gasteiger partial charge in [-0.15, -0.1) is 0 Å². The van der Waals surface area contributed by atoms with E-state index < -0.39 is 23.1 Å². The molecule has 0 amide bonds. The monoisotopic (exact) mass is 306 g/mol. The highest BCUT2D eigenvalue weighted by molar-refractivity contribution is 6.04. The molecule has 0 aromatic heterocycles. The molecule has 118 valence electrons. The van der Waals surface area contributed by atoms with Crippen molar-refractivity contribution >= 4 is 17.6 Å². The van der Waals surface area contributed by atoms with Crippen molar-refractivity contribution in [2.24, 2.45) is 10.8 Å². The second-order valence-electron chi connectivity index (χ2n) is 5.81. The van der Waals surface area contributed by atoms with Gasteiger partial charge in [0.2, 0.25) is 5.54 Å². The number of carbonyl (C=O) groups is 2. The first-order chi connectivity index (χ1) is 10.1. The number of benzene rings is 1. The number of carboxylic acid groups (broad SMARTS) is 1. The quantitative estimate of drug-likeness (QED) is 0.282. The molecule has 1 aromatic rings. The maximum Gasteiger partial charge on any atom is 0.338 e. The van der Waals surface area contributed by atoms with Gasteiger partial charge in [-0.2, -0.15) is 0 Å². The van der Waals surface area contributed by atoms with Crippen LogP contribution >= 0.6 is 0 Å². The predicted octanol–water partition coefficient (Wildman–Crippen LogP) is 2.29. The number of rotatable bonds is 5. The molecule has 0 aliphatic rings. The molecule has 0 fully saturated rings. The highest BCUT2D eigenvalue weighted by Crippen LogP contribution is 2.20. The highest BCUT2D eigenvalue weighted by atomic mass is 16.6. The van der Waals surface area contributed by atoms with E-state index in [-0.39, 0.29) is 6.42 Å². The van der Waals surface area contributed by atoms with Crippen molar-refractivity contribution < 1.29 is 19.4 Å². The molecule has 0 radical (unpaired) electrons. The number of nitrogens with two attached hydrogens (primary N) is 1. The zero-order valence-corrected chi connectivity index (χ0v) is 12.6. The molecular formula is C14H18N4O4. The minimum atomic E-state index is -2.19. The van der Waals surface area contributed by atoms with E-state index >= 15 is 0 Å². The van der Waals surface area contributed by atoms with Gasteiger partial charge in [-0.05, 0) is 31.9 Å². The fourth-order valence-corrected chi connectivity index (χ4v) is 1.66. The van der Waals surface area contributed by atoms with Crippen molar-refractivity contribution in [3.05, 3.63) is 40.3 Å². The second kappa shape index (κ2) is 6.46. The zero-order chi connectivity index (χ0) is 17.0. The number of aliphatic carboxylic acids is 1. The van der Waals surface area contributed by atoms with Crippen LogP contribution in [0.25, 0.3) is 10.4 Å². The summed E-state index contributed by atoms with van der Waals surface area (Å²) >= 11 is 0. The highest BCUT2D eigenvalue weighted by Gasteiger charge is 2.45. The van der Waals surface area contributed by atoms with E-state index in [1.54, 1.807) is 32.9 Å². The van der Waals surface area contributed by atoms with Crippen LogP contribution in [0.15, 0.2) is 29.4 Å². The van der Waals surface area contributed by atoms with Gasteiger partial charge in [0.15, 0.2) is 0 Å². The van der Waals surface area contributed by atoms with E-state index in [0.29, 0.717) is 11.3 Å².